The first-order valence-electron chi connectivity index (χ1n) is 12.4. The quantitative estimate of drug-likeness (QED) is 0.346. The average molecular weight is 521 g/mol. The van der Waals surface area contributed by atoms with Crippen LogP contribution in [0.3, 0.4) is 0 Å². The fourth-order valence-corrected chi connectivity index (χ4v) is 4.54. The van der Waals surface area contributed by atoms with Gasteiger partial charge in [0.15, 0.2) is 0 Å². The maximum absolute atomic E-state index is 13.9. The molecule has 1 atom stereocenters. The molecule has 8 heteroatoms. The first kappa shape index (κ1) is 28.4. The molecule has 38 heavy (non-hydrogen) atoms. The first-order chi connectivity index (χ1) is 18.0. The van der Waals surface area contributed by atoms with Gasteiger partial charge in [0.2, 0.25) is 5.91 Å². The van der Waals surface area contributed by atoms with Crippen molar-refractivity contribution in [2.75, 3.05) is 6.61 Å². The molecule has 0 saturated heterocycles. The van der Waals surface area contributed by atoms with Gasteiger partial charge in [0.1, 0.15) is 17.6 Å². The summed E-state index contributed by atoms with van der Waals surface area (Å²) in [6, 6.07) is 19.0. The SMILES string of the molecule is CCOc1cccc(-c2ccc(C(=O)N([C@@H](CCC(N)=O)C(=O)O)C(C)(C)Cc3ccc(F)cc3)cc2)c1. The van der Waals surface area contributed by atoms with Crippen LogP contribution < -0.4 is 10.5 Å². The molecular weight excluding hydrogens is 487 g/mol. The summed E-state index contributed by atoms with van der Waals surface area (Å²) in [5.41, 5.74) is 7.10. The summed E-state index contributed by atoms with van der Waals surface area (Å²) in [7, 11) is 0. The van der Waals surface area contributed by atoms with Crippen molar-refractivity contribution in [1.29, 1.82) is 0 Å². The van der Waals surface area contributed by atoms with Gasteiger partial charge in [-0.05, 0) is 86.7 Å². The third-order valence-electron chi connectivity index (χ3n) is 6.29. The Hall–Kier alpha value is -4.20. The summed E-state index contributed by atoms with van der Waals surface area (Å²) >= 11 is 0. The first-order valence-corrected chi connectivity index (χ1v) is 12.4. The predicted octanol–water partition coefficient (Wildman–Crippen LogP) is 5.07. The van der Waals surface area contributed by atoms with Crippen LogP contribution in [-0.2, 0) is 16.0 Å². The van der Waals surface area contributed by atoms with Crippen LogP contribution in [0.5, 0.6) is 5.75 Å². The standard InChI is InChI=1S/C30H33FN2O5/c1-4-38-25-7-5-6-23(18-25)21-10-12-22(13-11-21)28(35)33(26(29(36)37)16-17-27(32)34)30(2,3)19-20-8-14-24(31)15-9-20/h5-15,18,26H,4,16-17,19H2,1-3H3,(H2,32,34)(H,36,37)/t26-/m0/s1. The van der Waals surface area contributed by atoms with Gasteiger partial charge < -0.3 is 20.5 Å². The third kappa shape index (κ3) is 7.18. The topological polar surface area (TPSA) is 110 Å². The molecule has 3 N–H and O–H groups in total. The van der Waals surface area contributed by atoms with E-state index in [9.17, 15) is 23.9 Å². The Morgan fingerprint density at radius 1 is 1.00 bits per heavy atom. The van der Waals surface area contributed by atoms with E-state index in [1.807, 2.05) is 31.2 Å². The second-order valence-corrected chi connectivity index (χ2v) is 9.69. The highest BCUT2D eigenvalue weighted by Gasteiger charge is 2.40. The zero-order valence-electron chi connectivity index (χ0n) is 21.8. The number of rotatable bonds is 12. The van der Waals surface area contributed by atoms with Gasteiger partial charge in [-0.1, -0.05) is 36.4 Å². The average Bonchev–Trinajstić information content (AvgIpc) is 2.87. The van der Waals surface area contributed by atoms with Crippen molar-refractivity contribution in [2.45, 2.75) is 51.6 Å². The lowest BCUT2D eigenvalue weighted by Gasteiger charge is -2.42. The molecule has 3 rings (SSSR count). The zero-order chi connectivity index (χ0) is 27.9. The number of hydrogen-bond donors (Lipinski definition) is 2. The van der Waals surface area contributed by atoms with Gasteiger partial charge >= 0.3 is 5.97 Å². The van der Waals surface area contributed by atoms with Crippen molar-refractivity contribution in [3.05, 3.63) is 89.7 Å². The highest BCUT2D eigenvalue weighted by Crippen LogP contribution is 2.29. The van der Waals surface area contributed by atoms with Crippen molar-refractivity contribution in [3.63, 3.8) is 0 Å². The van der Waals surface area contributed by atoms with Crippen molar-refractivity contribution in [2.24, 2.45) is 5.73 Å². The van der Waals surface area contributed by atoms with Crippen LogP contribution in [0, 0.1) is 5.82 Å². The number of ether oxygens (including phenoxy) is 1. The summed E-state index contributed by atoms with van der Waals surface area (Å²) in [4.78, 5) is 39.0. The van der Waals surface area contributed by atoms with Gasteiger partial charge in [-0.2, -0.15) is 0 Å². The highest BCUT2D eigenvalue weighted by molar-refractivity contribution is 5.97. The minimum atomic E-state index is -1.30. The van der Waals surface area contributed by atoms with Gasteiger partial charge in [0.25, 0.3) is 5.91 Å². The maximum atomic E-state index is 13.9. The van der Waals surface area contributed by atoms with E-state index in [1.54, 1.807) is 50.2 Å². The number of nitrogens with two attached hydrogens (primary N) is 1. The van der Waals surface area contributed by atoms with E-state index in [0.29, 0.717) is 12.2 Å². The van der Waals surface area contributed by atoms with E-state index >= 15 is 0 Å². The fraction of sp³-hybridized carbons (Fsp3) is 0.300. The second kappa shape index (κ2) is 12.4. The van der Waals surface area contributed by atoms with Gasteiger partial charge in [-0.25, -0.2) is 9.18 Å². The second-order valence-electron chi connectivity index (χ2n) is 9.69. The maximum Gasteiger partial charge on any atom is 0.326 e. The van der Waals surface area contributed by atoms with E-state index in [4.69, 9.17) is 10.5 Å². The van der Waals surface area contributed by atoms with Crippen LogP contribution in [-0.4, -0.2) is 46.0 Å². The smallest absolute Gasteiger partial charge is 0.326 e. The van der Waals surface area contributed by atoms with Crippen LogP contribution in [0.25, 0.3) is 11.1 Å². The van der Waals surface area contributed by atoms with Crippen LogP contribution in [0.15, 0.2) is 72.8 Å². The number of aliphatic carboxylic acids is 1. The minimum absolute atomic E-state index is 0.133. The van der Waals surface area contributed by atoms with Gasteiger partial charge in [-0.15, -0.1) is 0 Å². The zero-order valence-corrected chi connectivity index (χ0v) is 21.8. The number of carboxylic acid groups (broad SMARTS) is 1. The van der Waals surface area contributed by atoms with Gasteiger partial charge in [0, 0.05) is 17.5 Å². The largest absolute Gasteiger partial charge is 0.494 e. The third-order valence-corrected chi connectivity index (χ3v) is 6.29. The Labute approximate surface area is 222 Å². The number of carbonyl (C=O) groups is 3. The molecule has 0 heterocycles. The summed E-state index contributed by atoms with van der Waals surface area (Å²) in [5.74, 6) is -2.05. The summed E-state index contributed by atoms with van der Waals surface area (Å²) < 4.78 is 19.0. The van der Waals surface area contributed by atoms with Gasteiger partial charge in [0.05, 0.1) is 6.61 Å². The molecule has 3 aromatic carbocycles. The normalized spacial score (nSPS) is 12.0. The molecule has 0 bridgehead atoms. The van der Waals surface area contributed by atoms with E-state index < -0.39 is 35.2 Å². The molecule has 0 spiro atoms. The van der Waals surface area contributed by atoms with E-state index in [0.717, 1.165) is 22.4 Å². The van der Waals surface area contributed by atoms with E-state index in [2.05, 4.69) is 0 Å². The van der Waals surface area contributed by atoms with E-state index in [1.165, 1.54) is 17.0 Å². The van der Waals surface area contributed by atoms with Crippen LogP contribution in [0.1, 0.15) is 49.5 Å². The van der Waals surface area contributed by atoms with Crippen molar-refractivity contribution in [3.8, 4) is 16.9 Å². The van der Waals surface area contributed by atoms with Crippen molar-refractivity contribution >= 4 is 17.8 Å². The van der Waals surface area contributed by atoms with Gasteiger partial charge in [-0.3, -0.25) is 9.59 Å². The summed E-state index contributed by atoms with van der Waals surface area (Å²) in [5, 5.41) is 10.1. The Morgan fingerprint density at radius 2 is 1.66 bits per heavy atom. The molecule has 0 radical (unpaired) electrons. The Balaban J connectivity index is 1.97. The van der Waals surface area contributed by atoms with Crippen molar-refractivity contribution < 1.29 is 28.6 Å². The minimum Gasteiger partial charge on any atom is -0.494 e. The number of nitrogens with zero attached hydrogens (tertiary/aromatic N) is 1. The molecule has 0 aliphatic carbocycles. The van der Waals surface area contributed by atoms with Crippen molar-refractivity contribution in [1.82, 2.24) is 4.90 Å². The van der Waals surface area contributed by atoms with E-state index in [-0.39, 0.29) is 19.3 Å². The monoisotopic (exact) mass is 520 g/mol. The van der Waals surface area contributed by atoms with Crippen LogP contribution >= 0.6 is 0 Å². The molecule has 2 amide bonds. The predicted molar refractivity (Wildman–Crippen MR) is 143 cm³/mol. The molecule has 3 aromatic rings. The molecule has 0 fully saturated rings. The number of benzene rings is 3. The Morgan fingerprint density at radius 3 is 2.24 bits per heavy atom. The lowest BCUT2D eigenvalue weighted by Crippen LogP contribution is -2.57. The molecule has 200 valence electrons. The lowest BCUT2D eigenvalue weighted by atomic mass is 9.89. The molecule has 0 aliphatic heterocycles. The number of hydrogen-bond acceptors (Lipinski definition) is 4. The Bertz CT molecular complexity index is 1270. The molecular formula is C30H33FN2O5. The number of amides is 2. The lowest BCUT2D eigenvalue weighted by molar-refractivity contribution is -0.144. The molecule has 0 unspecified atom stereocenters. The highest BCUT2D eigenvalue weighted by atomic mass is 19.1. The summed E-state index contributed by atoms with van der Waals surface area (Å²) in [6.07, 6.45) is -0.0598. The Kier molecular flexibility index (Phi) is 9.23. The number of carboxylic acids is 1. The fourth-order valence-electron chi connectivity index (χ4n) is 4.54. The van der Waals surface area contributed by atoms with Crippen LogP contribution in [0.4, 0.5) is 4.39 Å². The molecule has 0 aromatic heterocycles. The van der Waals surface area contributed by atoms with Crippen LogP contribution in [0.2, 0.25) is 0 Å². The summed E-state index contributed by atoms with van der Waals surface area (Å²) in [6.45, 7) is 5.95. The number of carbonyl (C=O) groups excluding carboxylic acids is 2. The molecule has 0 saturated carbocycles. The number of halogens is 1. The molecule has 7 nitrogen and oxygen atoms in total. The number of primary amides is 1. The molecule has 0 aliphatic rings.